The lowest BCUT2D eigenvalue weighted by Crippen LogP contribution is -2.37. The van der Waals surface area contributed by atoms with Crippen LogP contribution in [0.2, 0.25) is 0 Å². The third-order valence-electron chi connectivity index (χ3n) is 1.93. The Bertz CT molecular complexity index is 188. The van der Waals surface area contributed by atoms with E-state index in [-0.39, 0.29) is 5.97 Å². The average Bonchev–Trinajstić information content (AvgIpc) is 2.09. The third-order valence-corrected chi connectivity index (χ3v) is 1.93. The summed E-state index contributed by atoms with van der Waals surface area (Å²) in [5.74, 6) is -0.310. The third kappa shape index (κ3) is 8.39. The van der Waals surface area contributed by atoms with Crippen molar-refractivity contribution in [3.05, 3.63) is 0 Å². The summed E-state index contributed by atoms with van der Waals surface area (Å²) in [5.41, 5.74) is 10.6. The van der Waals surface area contributed by atoms with Crippen molar-refractivity contribution in [3.63, 3.8) is 0 Å². The highest BCUT2D eigenvalue weighted by molar-refractivity contribution is 5.75. The van der Waals surface area contributed by atoms with E-state index in [1.165, 1.54) is 0 Å². The molecule has 0 spiro atoms. The molecule has 0 aromatic heterocycles. The topological polar surface area (TPSA) is 78.3 Å². The molecule has 0 aliphatic rings. The maximum absolute atomic E-state index is 11.5. The van der Waals surface area contributed by atoms with Gasteiger partial charge < -0.3 is 16.2 Å². The van der Waals surface area contributed by atoms with Crippen LogP contribution >= 0.6 is 0 Å². The Hall–Kier alpha value is -0.610. The van der Waals surface area contributed by atoms with Gasteiger partial charge in [-0.1, -0.05) is 12.8 Å². The number of nitrogens with two attached hydrogens (primary N) is 2. The smallest absolute Gasteiger partial charge is 0.323 e. The SMILES string of the molecule is CC(C)(C)OC(=O)[C@@H](N)CCCCCN. The molecule has 0 rings (SSSR count). The highest BCUT2D eigenvalue weighted by Crippen LogP contribution is 2.10. The fourth-order valence-corrected chi connectivity index (χ4v) is 1.18. The van der Waals surface area contributed by atoms with E-state index in [1.54, 1.807) is 0 Å². The van der Waals surface area contributed by atoms with E-state index >= 15 is 0 Å². The zero-order chi connectivity index (χ0) is 11.9. The molecule has 4 heteroatoms. The highest BCUT2D eigenvalue weighted by atomic mass is 16.6. The van der Waals surface area contributed by atoms with Gasteiger partial charge in [-0.2, -0.15) is 0 Å². The van der Waals surface area contributed by atoms with Crippen LogP contribution in [0.4, 0.5) is 0 Å². The molecule has 0 unspecified atom stereocenters. The Morgan fingerprint density at radius 1 is 1.27 bits per heavy atom. The summed E-state index contributed by atoms with van der Waals surface area (Å²) in [5, 5.41) is 0. The molecular weight excluding hydrogens is 192 g/mol. The van der Waals surface area contributed by atoms with Crippen molar-refractivity contribution in [2.45, 2.75) is 58.1 Å². The second kappa shape index (κ2) is 6.80. The van der Waals surface area contributed by atoms with Crippen LogP contribution in [0.25, 0.3) is 0 Å². The standard InChI is InChI=1S/C11H24N2O2/c1-11(2,3)15-10(14)9(13)7-5-4-6-8-12/h9H,4-8,12-13H2,1-3H3/t9-/m0/s1. The van der Waals surface area contributed by atoms with Crippen LogP contribution in [-0.2, 0) is 9.53 Å². The van der Waals surface area contributed by atoms with E-state index in [1.807, 2.05) is 20.8 Å². The fourth-order valence-electron chi connectivity index (χ4n) is 1.18. The summed E-state index contributed by atoms with van der Waals surface area (Å²) in [6, 6.07) is -0.498. The molecule has 0 aromatic rings. The lowest BCUT2D eigenvalue weighted by Gasteiger charge is -2.22. The number of esters is 1. The maximum atomic E-state index is 11.5. The van der Waals surface area contributed by atoms with Gasteiger partial charge in [0.15, 0.2) is 0 Å². The molecule has 0 aliphatic carbocycles. The van der Waals surface area contributed by atoms with Crippen LogP contribution in [0.3, 0.4) is 0 Å². The highest BCUT2D eigenvalue weighted by Gasteiger charge is 2.21. The van der Waals surface area contributed by atoms with Crippen molar-refractivity contribution in [1.29, 1.82) is 0 Å². The van der Waals surface area contributed by atoms with Crippen molar-refractivity contribution in [2.24, 2.45) is 11.5 Å². The molecule has 0 aliphatic heterocycles. The zero-order valence-corrected chi connectivity index (χ0v) is 10.1. The summed E-state index contributed by atoms with van der Waals surface area (Å²) in [6.45, 7) is 6.21. The molecular formula is C11H24N2O2. The molecule has 0 amide bonds. The second-order valence-corrected chi connectivity index (χ2v) is 4.78. The van der Waals surface area contributed by atoms with Crippen LogP contribution < -0.4 is 11.5 Å². The van der Waals surface area contributed by atoms with E-state index in [0.29, 0.717) is 13.0 Å². The van der Waals surface area contributed by atoms with Crippen molar-refractivity contribution in [1.82, 2.24) is 0 Å². The van der Waals surface area contributed by atoms with Crippen molar-refractivity contribution in [2.75, 3.05) is 6.54 Å². The van der Waals surface area contributed by atoms with Gasteiger partial charge in [0.25, 0.3) is 0 Å². The lowest BCUT2D eigenvalue weighted by atomic mass is 10.1. The first-order valence-corrected chi connectivity index (χ1v) is 5.55. The van der Waals surface area contributed by atoms with Gasteiger partial charge >= 0.3 is 5.97 Å². The average molecular weight is 216 g/mol. The Morgan fingerprint density at radius 3 is 2.33 bits per heavy atom. The maximum Gasteiger partial charge on any atom is 0.323 e. The van der Waals surface area contributed by atoms with Crippen LogP contribution in [-0.4, -0.2) is 24.2 Å². The molecule has 0 saturated carbocycles. The molecule has 90 valence electrons. The normalized spacial score (nSPS) is 13.7. The summed E-state index contributed by atoms with van der Waals surface area (Å²) in [6.07, 6.45) is 3.61. The number of hydrogen-bond donors (Lipinski definition) is 2. The minimum Gasteiger partial charge on any atom is -0.459 e. The summed E-state index contributed by atoms with van der Waals surface area (Å²) >= 11 is 0. The van der Waals surface area contributed by atoms with Gasteiger partial charge in [-0.05, 0) is 40.2 Å². The summed E-state index contributed by atoms with van der Waals surface area (Å²) in [4.78, 5) is 11.5. The quantitative estimate of drug-likeness (QED) is 0.516. The van der Waals surface area contributed by atoms with E-state index < -0.39 is 11.6 Å². The molecule has 0 heterocycles. The van der Waals surface area contributed by atoms with Gasteiger partial charge in [-0.3, -0.25) is 4.79 Å². The van der Waals surface area contributed by atoms with Crippen LogP contribution in [0.1, 0.15) is 46.5 Å². The van der Waals surface area contributed by atoms with Gasteiger partial charge in [-0.25, -0.2) is 0 Å². The van der Waals surface area contributed by atoms with E-state index in [0.717, 1.165) is 19.3 Å². The molecule has 15 heavy (non-hydrogen) atoms. The lowest BCUT2D eigenvalue weighted by molar-refractivity contribution is -0.156. The van der Waals surface area contributed by atoms with E-state index in [4.69, 9.17) is 16.2 Å². The minimum absolute atomic E-state index is 0.310. The number of carbonyl (C=O) groups excluding carboxylic acids is 1. The van der Waals surface area contributed by atoms with Crippen LogP contribution in [0, 0.1) is 0 Å². The van der Waals surface area contributed by atoms with E-state index in [2.05, 4.69) is 0 Å². The molecule has 0 radical (unpaired) electrons. The van der Waals surface area contributed by atoms with Crippen molar-refractivity contribution >= 4 is 5.97 Å². The zero-order valence-electron chi connectivity index (χ0n) is 10.1. The minimum atomic E-state index is -0.498. The largest absolute Gasteiger partial charge is 0.459 e. The first-order valence-electron chi connectivity index (χ1n) is 5.55. The van der Waals surface area contributed by atoms with Gasteiger partial charge in [0, 0.05) is 0 Å². The summed E-state index contributed by atoms with van der Waals surface area (Å²) < 4.78 is 5.17. The predicted molar refractivity (Wildman–Crippen MR) is 61.3 cm³/mol. The van der Waals surface area contributed by atoms with Crippen molar-refractivity contribution < 1.29 is 9.53 Å². The molecule has 0 saturated heterocycles. The first kappa shape index (κ1) is 14.4. The van der Waals surface area contributed by atoms with Gasteiger partial charge in [0.05, 0.1) is 0 Å². The van der Waals surface area contributed by atoms with Gasteiger partial charge in [0.1, 0.15) is 11.6 Å². The molecule has 0 bridgehead atoms. The number of unbranched alkanes of at least 4 members (excludes halogenated alkanes) is 2. The Labute approximate surface area is 92.3 Å². The molecule has 4 nitrogen and oxygen atoms in total. The van der Waals surface area contributed by atoms with Crippen LogP contribution in [0.15, 0.2) is 0 Å². The molecule has 0 aromatic carbocycles. The molecule has 1 atom stereocenters. The monoisotopic (exact) mass is 216 g/mol. The summed E-state index contributed by atoms with van der Waals surface area (Å²) in [7, 11) is 0. The predicted octanol–water partition coefficient (Wildman–Crippen LogP) is 1.17. The fraction of sp³-hybridized carbons (Fsp3) is 0.909. The molecule has 4 N–H and O–H groups in total. The number of ether oxygens (including phenoxy) is 1. The van der Waals surface area contributed by atoms with Gasteiger partial charge in [-0.15, -0.1) is 0 Å². The first-order chi connectivity index (χ1) is 6.87. The number of carbonyl (C=O) groups is 1. The van der Waals surface area contributed by atoms with Crippen LogP contribution in [0.5, 0.6) is 0 Å². The number of rotatable bonds is 6. The van der Waals surface area contributed by atoms with Gasteiger partial charge in [0.2, 0.25) is 0 Å². The second-order valence-electron chi connectivity index (χ2n) is 4.78. The van der Waals surface area contributed by atoms with Crippen molar-refractivity contribution in [3.8, 4) is 0 Å². The Kier molecular flexibility index (Phi) is 6.52. The van der Waals surface area contributed by atoms with E-state index in [9.17, 15) is 4.79 Å². The molecule has 0 fully saturated rings. The number of hydrogen-bond acceptors (Lipinski definition) is 4. The Morgan fingerprint density at radius 2 is 1.87 bits per heavy atom. The Balaban J connectivity index is 3.70.